The van der Waals surface area contributed by atoms with Crippen molar-refractivity contribution in [1.29, 1.82) is 0 Å². The second kappa shape index (κ2) is 82.6. The molecule has 2 unspecified atom stereocenters. The van der Waals surface area contributed by atoms with E-state index < -0.39 is 97.5 Å². The Morgan fingerprint density at radius 1 is 0.248 bits per heavy atom. The van der Waals surface area contributed by atoms with Crippen molar-refractivity contribution < 1.29 is 80.2 Å². The second-order valence-electron chi connectivity index (χ2n) is 32.8. The van der Waals surface area contributed by atoms with Gasteiger partial charge in [0.1, 0.15) is 19.3 Å². The van der Waals surface area contributed by atoms with Crippen LogP contribution in [-0.4, -0.2) is 96.7 Å². The number of esters is 4. The van der Waals surface area contributed by atoms with Crippen LogP contribution in [0.3, 0.4) is 0 Å². The lowest BCUT2D eigenvalue weighted by Gasteiger charge is -2.21. The van der Waals surface area contributed by atoms with Gasteiger partial charge in [0.2, 0.25) is 0 Å². The van der Waals surface area contributed by atoms with Gasteiger partial charge in [0.25, 0.3) is 0 Å². The Morgan fingerprint density at radius 2 is 0.422 bits per heavy atom. The van der Waals surface area contributed by atoms with E-state index in [2.05, 4.69) is 34.6 Å². The van der Waals surface area contributed by atoms with E-state index >= 15 is 0 Å². The van der Waals surface area contributed by atoms with Crippen LogP contribution < -0.4 is 0 Å². The van der Waals surface area contributed by atoms with Gasteiger partial charge >= 0.3 is 39.5 Å². The van der Waals surface area contributed by atoms with Crippen LogP contribution in [0.4, 0.5) is 0 Å². The monoisotopic (exact) mass is 1590 g/mol. The van der Waals surface area contributed by atoms with E-state index in [1.54, 1.807) is 0 Å². The van der Waals surface area contributed by atoms with Gasteiger partial charge in [0.15, 0.2) is 12.2 Å². The van der Waals surface area contributed by atoms with Crippen molar-refractivity contribution >= 4 is 39.5 Å². The molecule has 0 rings (SSSR count). The summed E-state index contributed by atoms with van der Waals surface area (Å²) in [5.41, 5.74) is 0. The number of ether oxygens (including phenoxy) is 4. The molecule has 0 spiro atoms. The zero-order chi connectivity index (χ0) is 79.7. The SMILES string of the molecule is CCCCCCCCCCCCCCCCCCCCCCC(=O)O[C@H](COC(=O)CCCCCCCCCCCCCCCCCCCCC)COP(=O)(O)OC[C@@H](O)COP(=O)(O)OC[C@@H](COC(=O)CCCCCCCCCCCC(C)C)OC(=O)CCCCCCCCCCCCCCCCCCCC. The first-order chi connectivity index (χ1) is 53.0. The van der Waals surface area contributed by atoms with Crippen LogP contribution in [0.5, 0.6) is 0 Å². The first kappa shape index (κ1) is 107. The molecule has 0 aromatic rings. The Hall–Kier alpha value is -1.94. The van der Waals surface area contributed by atoms with Gasteiger partial charge in [-0.25, -0.2) is 9.13 Å². The molecular formula is C90H176O17P2. The maximum absolute atomic E-state index is 13.2. The van der Waals surface area contributed by atoms with Crippen LogP contribution in [0.1, 0.15) is 490 Å². The topological polar surface area (TPSA) is 237 Å². The van der Waals surface area contributed by atoms with Crippen LogP contribution in [0.25, 0.3) is 0 Å². The molecule has 5 atom stereocenters. The highest BCUT2D eigenvalue weighted by Gasteiger charge is 2.31. The third kappa shape index (κ3) is 83.8. The Labute approximate surface area is 670 Å². The summed E-state index contributed by atoms with van der Waals surface area (Å²) in [4.78, 5) is 73.4. The van der Waals surface area contributed by atoms with Crippen molar-refractivity contribution in [2.45, 2.75) is 509 Å². The Balaban J connectivity index is 5.25. The minimum Gasteiger partial charge on any atom is -0.462 e. The smallest absolute Gasteiger partial charge is 0.462 e. The molecular weight excluding hydrogens is 1410 g/mol. The van der Waals surface area contributed by atoms with E-state index in [1.807, 2.05) is 0 Å². The number of rotatable bonds is 90. The lowest BCUT2D eigenvalue weighted by molar-refractivity contribution is -0.161. The molecule has 0 saturated carbocycles. The van der Waals surface area contributed by atoms with Crippen LogP contribution in [0.15, 0.2) is 0 Å². The molecule has 0 aromatic heterocycles. The number of unbranched alkanes of at least 4 members (excludes halogenated alkanes) is 62. The summed E-state index contributed by atoms with van der Waals surface area (Å²) >= 11 is 0. The number of phosphoric acid groups is 2. The van der Waals surface area contributed by atoms with Gasteiger partial charge in [0.05, 0.1) is 26.4 Å². The summed E-state index contributed by atoms with van der Waals surface area (Å²) in [7, 11) is -9.93. The summed E-state index contributed by atoms with van der Waals surface area (Å²) in [5.74, 6) is -1.35. The van der Waals surface area contributed by atoms with Gasteiger partial charge in [-0.1, -0.05) is 439 Å². The van der Waals surface area contributed by atoms with Crippen molar-refractivity contribution in [1.82, 2.24) is 0 Å². The number of aliphatic hydroxyl groups excluding tert-OH is 1. The van der Waals surface area contributed by atoms with Gasteiger partial charge in [-0.3, -0.25) is 37.3 Å². The summed E-state index contributed by atoms with van der Waals surface area (Å²) in [5, 5.41) is 10.7. The first-order valence-electron chi connectivity index (χ1n) is 46.6. The fourth-order valence-corrected chi connectivity index (χ4v) is 15.8. The molecule has 19 heteroatoms. The molecule has 648 valence electrons. The second-order valence-corrected chi connectivity index (χ2v) is 35.7. The van der Waals surface area contributed by atoms with E-state index in [1.165, 1.54) is 315 Å². The highest BCUT2D eigenvalue weighted by Crippen LogP contribution is 2.45. The van der Waals surface area contributed by atoms with Gasteiger partial charge in [-0.2, -0.15) is 0 Å². The van der Waals surface area contributed by atoms with Gasteiger partial charge in [-0.15, -0.1) is 0 Å². The maximum Gasteiger partial charge on any atom is 0.472 e. The largest absolute Gasteiger partial charge is 0.472 e. The predicted octanol–water partition coefficient (Wildman–Crippen LogP) is 27.9. The first-order valence-corrected chi connectivity index (χ1v) is 49.6. The van der Waals surface area contributed by atoms with Crippen LogP contribution in [0.2, 0.25) is 0 Å². The van der Waals surface area contributed by atoms with Crippen molar-refractivity contribution in [3.05, 3.63) is 0 Å². The number of hydrogen-bond acceptors (Lipinski definition) is 15. The van der Waals surface area contributed by atoms with Crippen molar-refractivity contribution in [3.8, 4) is 0 Å². The van der Waals surface area contributed by atoms with E-state index in [0.29, 0.717) is 25.7 Å². The lowest BCUT2D eigenvalue weighted by Crippen LogP contribution is -2.30. The maximum atomic E-state index is 13.2. The molecule has 0 aliphatic carbocycles. The predicted molar refractivity (Wildman–Crippen MR) is 451 cm³/mol. The standard InChI is InChI=1S/C90H176O17P2/c1-6-9-12-15-18-21-24-27-30-33-36-38-41-44-47-50-55-61-66-71-75-89(94)106-85(79-100-87(92)73-68-63-58-53-48-45-42-40-37-34-31-28-25-22-19-16-13-10-7-2)81-104-108(96,97)102-77-84(91)78-103-109(98,99)105-82-86(80-101-88(93)74-69-64-59-56-51-52-57-62-67-72-83(4)5)107-90(95)76-70-65-60-54-49-46-43-39-35-32-29-26-23-20-17-14-11-8-3/h83-86,91H,6-82H2,1-5H3,(H,96,97)(H,98,99)/t84-,85-,86-/m1/s1. The summed E-state index contributed by atoms with van der Waals surface area (Å²) in [6.07, 6.45) is 77.9. The highest BCUT2D eigenvalue weighted by atomic mass is 31.2. The summed E-state index contributed by atoms with van der Waals surface area (Å²) in [6, 6.07) is 0. The molecule has 0 fully saturated rings. The Morgan fingerprint density at radius 3 is 0.624 bits per heavy atom. The minimum atomic E-state index is -4.97. The van der Waals surface area contributed by atoms with Crippen molar-refractivity contribution in [3.63, 3.8) is 0 Å². The minimum absolute atomic E-state index is 0.109. The number of phosphoric ester groups is 2. The molecule has 0 heterocycles. The van der Waals surface area contributed by atoms with Gasteiger partial charge in [0, 0.05) is 25.7 Å². The Bertz CT molecular complexity index is 2070. The molecule has 0 aliphatic heterocycles. The number of aliphatic hydroxyl groups is 1. The summed E-state index contributed by atoms with van der Waals surface area (Å²) < 4.78 is 69.1. The molecule has 0 aliphatic rings. The molecule has 109 heavy (non-hydrogen) atoms. The van der Waals surface area contributed by atoms with Crippen LogP contribution in [-0.2, 0) is 65.4 Å². The zero-order valence-electron chi connectivity index (χ0n) is 71.7. The normalized spacial score (nSPS) is 13.7. The van der Waals surface area contributed by atoms with Gasteiger partial charge in [-0.05, 0) is 31.6 Å². The number of carbonyl (C=O) groups is 4. The molecule has 3 N–H and O–H groups in total. The van der Waals surface area contributed by atoms with E-state index in [4.69, 9.17) is 37.0 Å². The van der Waals surface area contributed by atoms with E-state index in [-0.39, 0.29) is 25.7 Å². The molecule has 0 aromatic carbocycles. The lowest BCUT2D eigenvalue weighted by atomic mass is 10.0. The number of carbonyl (C=O) groups excluding carboxylic acids is 4. The van der Waals surface area contributed by atoms with Crippen LogP contribution >= 0.6 is 15.6 Å². The van der Waals surface area contributed by atoms with Crippen molar-refractivity contribution in [2.75, 3.05) is 39.6 Å². The fraction of sp³-hybridized carbons (Fsp3) is 0.956. The highest BCUT2D eigenvalue weighted by molar-refractivity contribution is 7.47. The fourth-order valence-electron chi connectivity index (χ4n) is 14.2. The molecule has 0 radical (unpaired) electrons. The van der Waals surface area contributed by atoms with E-state index in [0.717, 1.165) is 95.8 Å². The molecule has 17 nitrogen and oxygen atoms in total. The molecule has 0 bridgehead atoms. The third-order valence-corrected chi connectivity index (χ3v) is 23.2. The van der Waals surface area contributed by atoms with E-state index in [9.17, 15) is 43.2 Å². The average Bonchev–Trinajstić information content (AvgIpc) is 0.901. The summed E-state index contributed by atoms with van der Waals surface area (Å²) in [6.45, 7) is 7.38. The van der Waals surface area contributed by atoms with Crippen molar-refractivity contribution in [2.24, 2.45) is 5.92 Å². The zero-order valence-corrected chi connectivity index (χ0v) is 73.5. The van der Waals surface area contributed by atoms with Gasteiger partial charge < -0.3 is 33.8 Å². The average molecular weight is 1590 g/mol. The number of hydrogen-bond donors (Lipinski definition) is 3. The third-order valence-electron chi connectivity index (χ3n) is 21.3. The quantitative estimate of drug-likeness (QED) is 0.0222. The Kier molecular flexibility index (Phi) is 81.1. The molecule has 0 saturated heterocycles. The molecule has 0 amide bonds. The van der Waals surface area contributed by atoms with Crippen LogP contribution in [0, 0.1) is 5.92 Å².